The predicted molar refractivity (Wildman–Crippen MR) is 96.6 cm³/mol. The van der Waals surface area contributed by atoms with Crippen molar-refractivity contribution in [2.75, 3.05) is 19.6 Å². The van der Waals surface area contributed by atoms with Crippen LogP contribution in [-0.2, 0) is 16.1 Å². The summed E-state index contributed by atoms with van der Waals surface area (Å²) in [4.78, 5) is 25.5. The summed E-state index contributed by atoms with van der Waals surface area (Å²) in [6, 6.07) is 9.37. The molecule has 0 radical (unpaired) electrons. The van der Waals surface area contributed by atoms with Gasteiger partial charge in [0.15, 0.2) is 0 Å². The van der Waals surface area contributed by atoms with E-state index < -0.39 is 23.4 Å². The highest BCUT2D eigenvalue weighted by Crippen LogP contribution is 2.28. The van der Waals surface area contributed by atoms with E-state index >= 15 is 0 Å². The van der Waals surface area contributed by atoms with Crippen LogP contribution in [0.25, 0.3) is 0 Å². The van der Waals surface area contributed by atoms with Crippen molar-refractivity contribution >= 4 is 12.2 Å². The third kappa shape index (κ3) is 5.91. The maximum absolute atomic E-state index is 12.2. The Morgan fingerprint density at radius 2 is 1.96 bits per heavy atom. The monoisotopic (exact) mass is 364 g/mol. The van der Waals surface area contributed by atoms with E-state index in [1.807, 2.05) is 30.3 Å². The van der Waals surface area contributed by atoms with Crippen LogP contribution in [0.4, 0.5) is 9.59 Å². The molecule has 1 aliphatic heterocycles. The van der Waals surface area contributed by atoms with Crippen LogP contribution in [0.5, 0.6) is 0 Å². The van der Waals surface area contributed by atoms with E-state index in [9.17, 15) is 14.7 Å². The van der Waals surface area contributed by atoms with Crippen molar-refractivity contribution in [2.45, 2.75) is 45.5 Å². The predicted octanol–water partition coefficient (Wildman–Crippen LogP) is 2.53. The number of benzene rings is 1. The highest BCUT2D eigenvalue weighted by molar-refractivity contribution is 5.69. The molecule has 0 aromatic heterocycles. The lowest BCUT2D eigenvalue weighted by atomic mass is 9.93. The second-order valence-electron chi connectivity index (χ2n) is 7.86. The Labute approximate surface area is 154 Å². The van der Waals surface area contributed by atoms with Gasteiger partial charge in [-0.1, -0.05) is 30.3 Å². The minimum atomic E-state index is -1.11. The second kappa shape index (κ2) is 7.95. The van der Waals surface area contributed by atoms with Crippen LogP contribution in [-0.4, -0.2) is 53.0 Å². The van der Waals surface area contributed by atoms with E-state index in [4.69, 9.17) is 9.47 Å². The third-order valence-electron chi connectivity index (χ3n) is 4.19. The zero-order valence-electron chi connectivity index (χ0n) is 15.8. The molecule has 0 saturated carbocycles. The van der Waals surface area contributed by atoms with E-state index in [1.165, 1.54) is 4.90 Å². The summed E-state index contributed by atoms with van der Waals surface area (Å²) in [6.45, 7) is 7.88. The smallest absolute Gasteiger partial charge is 0.410 e. The van der Waals surface area contributed by atoms with Crippen molar-refractivity contribution in [3.05, 3.63) is 35.9 Å². The molecule has 0 bridgehead atoms. The molecule has 1 aromatic rings. The van der Waals surface area contributed by atoms with E-state index in [-0.39, 0.29) is 25.6 Å². The first-order valence-electron chi connectivity index (χ1n) is 8.72. The molecule has 2 amide bonds. The lowest BCUT2D eigenvalue weighted by molar-refractivity contribution is 0.0135. The van der Waals surface area contributed by atoms with Gasteiger partial charge in [-0.05, 0) is 33.3 Å². The number of ether oxygens (including phenoxy) is 2. The quantitative estimate of drug-likeness (QED) is 0.857. The van der Waals surface area contributed by atoms with E-state index in [0.717, 1.165) is 5.56 Å². The van der Waals surface area contributed by atoms with Gasteiger partial charge in [0.25, 0.3) is 0 Å². The largest absolute Gasteiger partial charge is 0.445 e. The van der Waals surface area contributed by atoms with Gasteiger partial charge in [0.05, 0.1) is 12.1 Å². The van der Waals surface area contributed by atoms with Crippen molar-refractivity contribution in [1.29, 1.82) is 0 Å². The summed E-state index contributed by atoms with van der Waals surface area (Å²) in [7, 11) is 0. The highest BCUT2D eigenvalue weighted by Gasteiger charge is 2.44. The minimum Gasteiger partial charge on any atom is -0.445 e. The molecular weight excluding hydrogens is 336 g/mol. The number of aliphatic hydroxyl groups is 1. The molecule has 2 atom stereocenters. The number of hydrogen-bond donors (Lipinski definition) is 2. The van der Waals surface area contributed by atoms with E-state index in [0.29, 0.717) is 6.54 Å². The summed E-state index contributed by atoms with van der Waals surface area (Å²) in [5, 5.41) is 13.2. The molecule has 2 N–H and O–H groups in total. The van der Waals surface area contributed by atoms with Crippen molar-refractivity contribution in [2.24, 2.45) is 5.92 Å². The number of nitrogens with zero attached hydrogens (tertiary/aromatic N) is 1. The summed E-state index contributed by atoms with van der Waals surface area (Å²) >= 11 is 0. The zero-order valence-corrected chi connectivity index (χ0v) is 15.8. The van der Waals surface area contributed by atoms with Gasteiger partial charge >= 0.3 is 12.2 Å². The summed E-state index contributed by atoms with van der Waals surface area (Å²) in [5.41, 5.74) is -0.809. The van der Waals surface area contributed by atoms with Gasteiger partial charge in [0.1, 0.15) is 12.2 Å². The molecule has 0 aliphatic carbocycles. The molecule has 1 fully saturated rings. The Hall–Kier alpha value is -2.28. The zero-order chi connectivity index (χ0) is 19.4. The van der Waals surface area contributed by atoms with Gasteiger partial charge in [0.2, 0.25) is 0 Å². The lowest BCUT2D eigenvalue weighted by Gasteiger charge is -2.25. The Kier molecular flexibility index (Phi) is 6.13. The Morgan fingerprint density at radius 3 is 2.58 bits per heavy atom. The number of hydrogen-bond acceptors (Lipinski definition) is 5. The fourth-order valence-corrected chi connectivity index (χ4v) is 2.77. The molecule has 26 heavy (non-hydrogen) atoms. The van der Waals surface area contributed by atoms with Crippen LogP contribution in [0.15, 0.2) is 30.3 Å². The Balaban J connectivity index is 1.81. The van der Waals surface area contributed by atoms with Crippen LogP contribution in [0, 0.1) is 5.92 Å². The fourth-order valence-electron chi connectivity index (χ4n) is 2.77. The van der Waals surface area contributed by atoms with Crippen molar-refractivity contribution < 1.29 is 24.2 Å². The fraction of sp³-hybridized carbons (Fsp3) is 0.579. The molecule has 1 heterocycles. The number of rotatable bonds is 4. The Bertz CT molecular complexity index is 625. The number of carbonyl (C=O) groups excluding carboxylic acids is 2. The Morgan fingerprint density at radius 1 is 1.31 bits per heavy atom. The third-order valence-corrected chi connectivity index (χ3v) is 4.19. The van der Waals surface area contributed by atoms with Crippen LogP contribution >= 0.6 is 0 Å². The number of β-amino-alcohol motifs (C(OH)–C–C–N with tert-alkyl or cyclic N) is 1. The van der Waals surface area contributed by atoms with Crippen molar-refractivity contribution in [3.8, 4) is 0 Å². The van der Waals surface area contributed by atoms with Gasteiger partial charge in [-0.15, -0.1) is 0 Å². The lowest BCUT2D eigenvalue weighted by Crippen LogP contribution is -2.41. The number of likely N-dealkylation sites (tertiary alicyclic amines) is 1. The molecule has 1 aliphatic rings. The topological polar surface area (TPSA) is 88.1 Å². The molecule has 7 nitrogen and oxygen atoms in total. The van der Waals surface area contributed by atoms with Crippen LogP contribution in [0.1, 0.15) is 33.3 Å². The first-order valence-corrected chi connectivity index (χ1v) is 8.72. The number of amides is 2. The SMILES string of the molecule is CC(C)(C)OC(=O)N1CC(CNC(=O)OCc2ccccc2)C(C)(O)C1. The number of nitrogens with one attached hydrogen (secondary N) is 1. The van der Waals surface area contributed by atoms with Gasteiger partial charge in [0, 0.05) is 19.0 Å². The van der Waals surface area contributed by atoms with Crippen LogP contribution in [0.2, 0.25) is 0 Å². The highest BCUT2D eigenvalue weighted by atomic mass is 16.6. The summed E-state index contributed by atoms with van der Waals surface area (Å²) in [5.74, 6) is -0.306. The van der Waals surface area contributed by atoms with Crippen LogP contribution < -0.4 is 5.32 Å². The first-order chi connectivity index (χ1) is 12.1. The number of alkyl carbamates (subject to hydrolysis) is 1. The average Bonchev–Trinajstić information content (AvgIpc) is 2.85. The second-order valence-corrected chi connectivity index (χ2v) is 7.86. The molecule has 7 heteroatoms. The standard InChI is InChI=1S/C19H28N2O5/c1-18(2,3)26-17(23)21-11-15(19(4,24)13-21)10-20-16(22)25-12-14-8-6-5-7-9-14/h5-9,15,24H,10-13H2,1-4H3,(H,20,22). The normalized spacial score (nSPS) is 22.8. The number of carbonyl (C=O) groups is 2. The first kappa shape index (κ1) is 20.0. The van der Waals surface area contributed by atoms with Gasteiger partial charge < -0.3 is 24.8 Å². The average molecular weight is 364 g/mol. The molecule has 2 unspecified atom stereocenters. The minimum absolute atomic E-state index is 0.160. The molecule has 144 valence electrons. The maximum Gasteiger partial charge on any atom is 0.410 e. The molecule has 1 aromatic carbocycles. The molecule has 2 rings (SSSR count). The van der Waals surface area contributed by atoms with E-state index in [1.54, 1.807) is 27.7 Å². The van der Waals surface area contributed by atoms with Gasteiger partial charge in [-0.25, -0.2) is 9.59 Å². The molecular formula is C19H28N2O5. The molecule has 1 saturated heterocycles. The van der Waals surface area contributed by atoms with E-state index in [2.05, 4.69) is 5.32 Å². The maximum atomic E-state index is 12.2. The summed E-state index contributed by atoms with van der Waals surface area (Å²) in [6.07, 6.45) is -1.02. The van der Waals surface area contributed by atoms with Crippen LogP contribution in [0.3, 0.4) is 0 Å². The van der Waals surface area contributed by atoms with Gasteiger partial charge in [-0.3, -0.25) is 0 Å². The van der Waals surface area contributed by atoms with Gasteiger partial charge in [-0.2, -0.15) is 0 Å². The van der Waals surface area contributed by atoms with Crippen molar-refractivity contribution in [3.63, 3.8) is 0 Å². The van der Waals surface area contributed by atoms with Crippen molar-refractivity contribution in [1.82, 2.24) is 10.2 Å². The molecule has 0 spiro atoms. The summed E-state index contributed by atoms with van der Waals surface area (Å²) < 4.78 is 10.5.